The van der Waals surface area contributed by atoms with E-state index in [1.54, 1.807) is 0 Å². The number of likely N-dealkylation sites (tertiary alicyclic amines) is 1. The number of piperidine rings is 1. The van der Waals surface area contributed by atoms with Gasteiger partial charge in [0.25, 0.3) is 5.91 Å². The molecule has 1 aliphatic heterocycles. The first kappa shape index (κ1) is 15.8. The summed E-state index contributed by atoms with van der Waals surface area (Å²) >= 11 is 0. The van der Waals surface area contributed by atoms with Crippen molar-refractivity contribution >= 4 is 5.91 Å². The zero-order valence-electron chi connectivity index (χ0n) is 11.9. The van der Waals surface area contributed by atoms with Crippen molar-refractivity contribution in [1.29, 1.82) is 0 Å². The van der Waals surface area contributed by atoms with Crippen LogP contribution in [-0.2, 0) is 6.18 Å². The fourth-order valence-corrected chi connectivity index (χ4v) is 2.88. The highest BCUT2D eigenvalue weighted by molar-refractivity contribution is 5.95. The maximum atomic E-state index is 14.1. The Morgan fingerprint density at radius 2 is 1.76 bits per heavy atom. The zero-order chi connectivity index (χ0) is 15.8. The van der Waals surface area contributed by atoms with Gasteiger partial charge in [0.2, 0.25) is 0 Å². The fourth-order valence-electron chi connectivity index (χ4n) is 2.88. The van der Waals surface area contributed by atoms with Crippen molar-refractivity contribution in [2.75, 3.05) is 0 Å². The van der Waals surface area contributed by atoms with E-state index in [1.807, 2.05) is 13.8 Å². The molecule has 1 saturated heterocycles. The van der Waals surface area contributed by atoms with Crippen LogP contribution in [0.5, 0.6) is 0 Å². The van der Waals surface area contributed by atoms with E-state index in [4.69, 9.17) is 0 Å². The Bertz CT molecular complexity index is 531. The minimum absolute atomic E-state index is 0.102. The Kier molecular flexibility index (Phi) is 4.25. The van der Waals surface area contributed by atoms with Crippen molar-refractivity contribution in [3.8, 4) is 0 Å². The smallest absolute Gasteiger partial charge is 0.333 e. The molecule has 1 amide bonds. The molecule has 6 heteroatoms. The van der Waals surface area contributed by atoms with E-state index in [2.05, 4.69) is 0 Å². The molecule has 0 bridgehead atoms. The van der Waals surface area contributed by atoms with E-state index in [0.717, 1.165) is 31.4 Å². The van der Waals surface area contributed by atoms with Gasteiger partial charge in [0, 0.05) is 12.1 Å². The van der Waals surface area contributed by atoms with Gasteiger partial charge in [0.1, 0.15) is 5.82 Å². The van der Waals surface area contributed by atoms with Crippen molar-refractivity contribution in [1.82, 2.24) is 4.90 Å². The summed E-state index contributed by atoms with van der Waals surface area (Å²) in [7, 11) is 0. The molecular formula is C15H17F4NO. The number of carbonyl (C=O) groups excluding carboxylic acids is 1. The molecule has 0 aliphatic carbocycles. The molecule has 21 heavy (non-hydrogen) atoms. The molecular weight excluding hydrogens is 286 g/mol. The topological polar surface area (TPSA) is 20.3 Å². The molecule has 116 valence electrons. The van der Waals surface area contributed by atoms with E-state index in [0.29, 0.717) is 6.07 Å². The van der Waals surface area contributed by atoms with Crippen molar-refractivity contribution in [2.24, 2.45) is 0 Å². The summed E-state index contributed by atoms with van der Waals surface area (Å²) in [4.78, 5) is 13.9. The van der Waals surface area contributed by atoms with Gasteiger partial charge in [-0.15, -0.1) is 0 Å². The standard InChI is InChI=1S/C15H17F4NO/c1-9-5-3-6-10(2)20(9)14(21)11-7-4-8-12(13(11)16)15(17,18)19/h4,7-10H,3,5-6H2,1-2H3. The van der Waals surface area contributed by atoms with Crippen molar-refractivity contribution in [3.63, 3.8) is 0 Å². The second kappa shape index (κ2) is 5.66. The molecule has 1 aliphatic rings. The van der Waals surface area contributed by atoms with Crippen LogP contribution >= 0.6 is 0 Å². The third-order valence-corrected chi connectivity index (χ3v) is 3.96. The second-order valence-electron chi connectivity index (χ2n) is 5.51. The normalized spacial score (nSPS) is 23.2. The van der Waals surface area contributed by atoms with E-state index in [1.165, 1.54) is 4.90 Å². The predicted octanol–water partition coefficient (Wildman–Crippen LogP) is 4.25. The van der Waals surface area contributed by atoms with Gasteiger partial charge in [0.05, 0.1) is 11.1 Å². The minimum atomic E-state index is -4.81. The van der Waals surface area contributed by atoms with Crippen LogP contribution in [0.2, 0.25) is 0 Å². The lowest BCUT2D eigenvalue weighted by Crippen LogP contribution is -2.47. The third-order valence-electron chi connectivity index (χ3n) is 3.96. The van der Waals surface area contributed by atoms with Crippen LogP contribution in [0.3, 0.4) is 0 Å². The van der Waals surface area contributed by atoms with Gasteiger partial charge in [-0.3, -0.25) is 4.79 Å². The third kappa shape index (κ3) is 3.04. The quantitative estimate of drug-likeness (QED) is 0.710. The number of benzene rings is 1. The van der Waals surface area contributed by atoms with Gasteiger partial charge in [-0.05, 0) is 45.2 Å². The number of halogens is 4. The summed E-state index contributed by atoms with van der Waals surface area (Å²) < 4.78 is 52.2. The maximum absolute atomic E-state index is 14.1. The van der Waals surface area contributed by atoms with Crippen LogP contribution in [0.4, 0.5) is 17.6 Å². The highest BCUT2D eigenvalue weighted by atomic mass is 19.4. The van der Waals surface area contributed by atoms with Crippen LogP contribution in [0.15, 0.2) is 18.2 Å². The van der Waals surface area contributed by atoms with Crippen molar-refractivity contribution in [3.05, 3.63) is 35.1 Å². The van der Waals surface area contributed by atoms with Crippen LogP contribution in [0, 0.1) is 5.82 Å². The lowest BCUT2D eigenvalue weighted by Gasteiger charge is -2.39. The number of hydrogen-bond acceptors (Lipinski definition) is 1. The summed E-state index contributed by atoms with van der Waals surface area (Å²) in [6.45, 7) is 3.66. The maximum Gasteiger partial charge on any atom is 0.419 e. The molecule has 1 aromatic carbocycles. The fraction of sp³-hybridized carbons (Fsp3) is 0.533. The summed E-state index contributed by atoms with van der Waals surface area (Å²) in [6, 6.07) is 2.62. The monoisotopic (exact) mass is 303 g/mol. The Labute approximate surface area is 120 Å². The summed E-state index contributed by atoms with van der Waals surface area (Å²) in [5, 5.41) is 0. The molecule has 1 aromatic rings. The predicted molar refractivity (Wildman–Crippen MR) is 70.3 cm³/mol. The molecule has 0 radical (unpaired) electrons. The largest absolute Gasteiger partial charge is 0.419 e. The number of carbonyl (C=O) groups is 1. The highest BCUT2D eigenvalue weighted by Gasteiger charge is 2.37. The van der Waals surface area contributed by atoms with Crippen LogP contribution in [0.25, 0.3) is 0 Å². The zero-order valence-corrected chi connectivity index (χ0v) is 11.9. The average Bonchev–Trinajstić information content (AvgIpc) is 2.37. The summed E-state index contributed by atoms with van der Waals surface area (Å²) in [5.41, 5.74) is -1.91. The molecule has 2 atom stereocenters. The van der Waals surface area contributed by atoms with Crippen molar-refractivity contribution in [2.45, 2.75) is 51.4 Å². The van der Waals surface area contributed by atoms with Crippen LogP contribution in [-0.4, -0.2) is 22.9 Å². The first-order valence-electron chi connectivity index (χ1n) is 6.92. The minimum Gasteiger partial charge on any atom is -0.333 e. The number of amides is 1. The van der Waals surface area contributed by atoms with Gasteiger partial charge >= 0.3 is 6.18 Å². The van der Waals surface area contributed by atoms with Gasteiger partial charge in [0.15, 0.2) is 0 Å². The number of alkyl halides is 3. The lowest BCUT2D eigenvalue weighted by atomic mass is 9.96. The highest BCUT2D eigenvalue weighted by Crippen LogP contribution is 2.33. The molecule has 1 heterocycles. The Balaban J connectivity index is 2.40. The molecule has 2 nitrogen and oxygen atoms in total. The van der Waals surface area contributed by atoms with Gasteiger partial charge < -0.3 is 4.90 Å². The molecule has 1 fully saturated rings. The second-order valence-corrected chi connectivity index (χ2v) is 5.51. The summed E-state index contributed by atoms with van der Waals surface area (Å²) in [5.74, 6) is -2.15. The van der Waals surface area contributed by atoms with Gasteiger partial charge in [-0.1, -0.05) is 6.07 Å². The van der Waals surface area contributed by atoms with E-state index < -0.39 is 29.0 Å². The van der Waals surface area contributed by atoms with Crippen LogP contribution in [0.1, 0.15) is 49.0 Å². The van der Waals surface area contributed by atoms with E-state index >= 15 is 0 Å². The number of rotatable bonds is 1. The van der Waals surface area contributed by atoms with Crippen LogP contribution < -0.4 is 0 Å². The molecule has 0 spiro atoms. The van der Waals surface area contributed by atoms with E-state index in [-0.39, 0.29) is 12.1 Å². The van der Waals surface area contributed by atoms with E-state index in [9.17, 15) is 22.4 Å². The van der Waals surface area contributed by atoms with Gasteiger partial charge in [-0.2, -0.15) is 13.2 Å². The lowest BCUT2D eigenvalue weighted by molar-refractivity contribution is -0.140. The molecule has 0 saturated carbocycles. The molecule has 2 unspecified atom stereocenters. The van der Waals surface area contributed by atoms with Gasteiger partial charge in [-0.25, -0.2) is 4.39 Å². The first-order valence-corrected chi connectivity index (χ1v) is 6.92. The SMILES string of the molecule is CC1CCCC(C)N1C(=O)c1cccc(C(F)(F)F)c1F. The Morgan fingerprint density at radius 3 is 2.29 bits per heavy atom. The number of nitrogens with zero attached hydrogens (tertiary/aromatic N) is 1. The molecule has 0 N–H and O–H groups in total. The Morgan fingerprint density at radius 1 is 1.19 bits per heavy atom. The Hall–Kier alpha value is -1.59. The molecule has 2 rings (SSSR count). The summed E-state index contributed by atoms with van der Waals surface area (Å²) in [6.07, 6.45) is -2.30. The molecule has 0 aromatic heterocycles. The first-order chi connectivity index (χ1) is 9.73. The average molecular weight is 303 g/mol. The number of hydrogen-bond donors (Lipinski definition) is 0. The van der Waals surface area contributed by atoms with Crippen molar-refractivity contribution < 1.29 is 22.4 Å².